The van der Waals surface area contributed by atoms with E-state index in [1.54, 1.807) is 18.4 Å². The normalized spacial score (nSPS) is 31.3. The smallest absolute Gasteiger partial charge is 0.406 e. The Morgan fingerprint density at radius 1 is 1.45 bits per heavy atom. The molecule has 0 aromatic carbocycles. The van der Waals surface area contributed by atoms with E-state index < -0.39 is 37.7 Å². The first-order chi connectivity index (χ1) is 14.7. The van der Waals surface area contributed by atoms with Crippen molar-refractivity contribution in [3.63, 3.8) is 0 Å². The van der Waals surface area contributed by atoms with Crippen LogP contribution in [0.3, 0.4) is 0 Å². The number of rotatable bonds is 5. The minimum Gasteiger partial charge on any atom is -0.462 e. The van der Waals surface area contributed by atoms with E-state index in [4.69, 9.17) is 30.7 Å². The molecule has 13 heteroatoms. The number of nitrogens with one attached hydrogen (secondary N) is 1. The first-order valence-corrected chi connectivity index (χ1v) is 11.2. The van der Waals surface area contributed by atoms with Gasteiger partial charge in [-0.15, -0.1) is 6.42 Å². The fraction of sp³-hybridized carbons (Fsp3) is 0.556. The lowest BCUT2D eigenvalue weighted by Crippen LogP contribution is -2.49. The fourth-order valence-electron chi connectivity index (χ4n) is 3.49. The summed E-state index contributed by atoms with van der Waals surface area (Å²) in [7, 11) is -3.85. The lowest BCUT2D eigenvalue weighted by molar-refractivity contribution is -0.149. The maximum atomic E-state index is 13.1. The van der Waals surface area contributed by atoms with Crippen LogP contribution in [-0.4, -0.2) is 55.9 Å². The quantitative estimate of drug-likeness (QED) is 0.383. The maximum absolute atomic E-state index is 13.1. The number of nitrogens with two attached hydrogens (primary N) is 1. The second-order valence-electron chi connectivity index (χ2n) is 7.63. The Hall–Kier alpha value is -2.55. The molecule has 0 bridgehead atoms. The Balaban J connectivity index is 1.54. The zero-order valence-electron chi connectivity index (χ0n) is 17.2. The number of nitrogen functional groups attached to an aromatic ring is 1. The van der Waals surface area contributed by atoms with Crippen LogP contribution in [0.5, 0.6) is 0 Å². The van der Waals surface area contributed by atoms with Gasteiger partial charge in [-0.05, 0) is 20.8 Å². The SMILES string of the molecule is C#C[C@@]12COP(=O)(N[C@@H](C)C(=O)OC(C)C)O[C@@H]1C[C@H](n1cnc3c(N)ncnc31)O2. The monoisotopic (exact) mass is 450 g/mol. The van der Waals surface area contributed by atoms with Crippen molar-refractivity contribution < 1.29 is 27.9 Å². The number of aromatic nitrogens is 4. The molecule has 4 rings (SSSR count). The van der Waals surface area contributed by atoms with Crippen molar-refractivity contribution in [2.75, 3.05) is 12.3 Å². The highest BCUT2D eigenvalue weighted by atomic mass is 31.2. The molecular weight excluding hydrogens is 427 g/mol. The summed E-state index contributed by atoms with van der Waals surface area (Å²) < 4.78 is 37.2. The van der Waals surface area contributed by atoms with Crippen LogP contribution in [0.15, 0.2) is 12.7 Å². The first kappa shape index (κ1) is 21.7. The molecule has 166 valence electrons. The third-order valence-corrected chi connectivity index (χ3v) is 6.70. The van der Waals surface area contributed by atoms with Crippen molar-refractivity contribution in [2.45, 2.75) is 57.3 Å². The molecule has 4 heterocycles. The van der Waals surface area contributed by atoms with Gasteiger partial charge in [-0.1, -0.05) is 5.92 Å². The minimum absolute atomic E-state index is 0.190. The van der Waals surface area contributed by atoms with Crippen LogP contribution < -0.4 is 10.8 Å². The zero-order valence-corrected chi connectivity index (χ0v) is 18.1. The minimum atomic E-state index is -3.85. The molecule has 0 aliphatic carbocycles. The van der Waals surface area contributed by atoms with Crippen molar-refractivity contribution in [1.29, 1.82) is 0 Å². The molecule has 2 aliphatic heterocycles. The summed E-state index contributed by atoms with van der Waals surface area (Å²) in [6, 6.07) is -0.915. The van der Waals surface area contributed by atoms with E-state index in [2.05, 4.69) is 26.0 Å². The molecule has 2 saturated heterocycles. The van der Waals surface area contributed by atoms with Gasteiger partial charge < -0.3 is 15.2 Å². The molecule has 31 heavy (non-hydrogen) atoms. The van der Waals surface area contributed by atoms with Gasteiger partial charge in [-0.3, -0.25) is 18.4 Å². The van der Waals surface area contributed by atoms with Crippen LogP contribution in [0.1, 0.15) is 33.4 Å². The summed E-state index contributed by atoms with van der Waals surface area (Å²) in [5.74, 6) is 2.23. The van der Waals surface area contributed by atoms with Crippen LogP contribution in [0.25, 0.3) is 11.2 Å². The third kappa shape index (κ3) is 3.91. The maximum Gasteiger partial charge on any atom is 0.406 e. The first-order valence-electron chi connectivity index (χ1n) is 9.66. The van der Waals surface area contributed by atoms with E-state index in [9.17, 15) is 9.36 Å². The van der Waals surface area contributed by atoms with Crippen molar-refractivity contribution in [3.05, 3.63) is 12.7 Å². The standard InChI is InChI=1S/C18H23N6O6P/c1-5-18-7-27-31(26,23-11(4)17(25)28-10(2)3)30-12(18)6-13(29-18)24-9-22-14-15(19)20-8-21-16(14)24/h1,8-13H,6-7H2,2-4H3,(H,23,26)(H2,19,20,21)/t11-,12+,13+,18+,31?/m0/s1. The van der Waals surface area contributed by atoms with Gasteiger partial charge in [-0.25, -0.2) is 24.6 Å². The number of nitrogens with zero attached hydrogens (tertiary/aromatic N) is 4. The van der Waals surface area contributed by atoms with E-state index >= 15 is 0 Å². The Bertz CT molecular complexity index is 1100. The number of esters is 1. The average Bonchev–Trinajstić information content (AvgIpc) is 3.29. The Kier molecular flexibility index (Phi) is 5.49. The number of carbonyl (C=O) groups is 1. The molecular formula is C18H23N6O6P. The lowest BCUT2D eigenvalue weighted by Gasteiger charge is -2.37. The zero-order chi connectivity index (χ0) is 22.4. The molecule has 12 nitrogen and oxygen atoms in total. The Labute approximate surface area is 178 Å². The third-order valence-electron chi connectivity index (χ3n) is 5.00. The van der Waals surface area contributed by atoms with Gasteiger partial charge in [-0.2, -0.15) is 0 Å². The highest BCUT2D eigenvalue weighted by Gasteiger charge is 2.57. The summed E-state index contributed by atoms with van der Waals surface area (Å²) in [6.45, 7) is 4.76. The van der Waals surface area contributed by atoms with Gasteiger partial charge in [0, 0.05) is 6.42 Å². The number of hydrogen-bond acceptors (Lipinski definition) is 10. The molecule has 2 aromatic rings. The van der Waals surface area contributed by atoms with E-state index in [0.29, 0.717) is 11.2 Å². The van der Waals surface area contributed by atoms with Crippen LogP contribution in [0.2, 0.25) is 0 Å². The molecule has 2 aromatic heterocycles. The van der Waals surface area contributed by atoms with Gasteiger partial charge in [0.05, 0.1) is 12.4 Å². The molecule has 0 amide bonds. The second kappa shape index (κ2) is 7.85. The predicted molar refractivity (Wildman–Crippen MR) is 108 cm³/mol. The molecule has 2 fully saturated rings. The van der Waals surface area contributed by atoms with Crippen LogP contribution in [0, 0.1) is 12.3 Å². The number of hydrogen-bond donors (Lipinski definition) is 2. The number of ether oxygens (including phenoxy) is 2. The predicted octanol–water partition coefficient (Wildman–Crippen LogP) is 1.15. The molecule has 0 spiro atoms. The Morgan fingerprint density at radius 3 is 2.94 bits per heavy atom. The highest BCUT2D eigenvalue weighted by Crippen LogP contribution is 2.56. The van der Waals surface area contributed by atoms with Crippen molar-refractivity contribution >= 4 is 30.7 Å². The van der Waals surface area contributed by atoms with E-state index in [-0.39, 0.29) is 24.9 Å². The van der Waals surface area contributed by atoms with E-state index in [1.807, 2.05) is 0 Å². The number of anilines is 1. The number of imidazole rings is 1. The van der Waals surface area contributed by atoms with Gasteiger partial charge >= 0.3 is 13.7 Å². The lowest BCUT2D eigenvalue weighted by atomic mass is 9.99. The van der Waals surface area contributed by atoms with E-state index in [0.717, 1.165) is 0 Å². The summed E-state index contributed by atoms with van der Waals surface area (Å²) >= 11 is 0. The molecule has 1 unspecified atom stereocenters. The average molecular weight is 450 g/mol. The Morgan fingerprint density at radius 2 is 2.23 bits per heavy atom. The molecule has 3 N–H and O–H groups in total. The molecule has 0 saturated carbocycles. The van der Waals surface area contributed by atoms with Gasteiger partial charge in [0.25, 0.3) is 0 Å². The van der Waals surface area contributed by atoms with E-state index in [1.165, 1.54) is 19.6 Å². The molecule has 2 aliphatic rings. The topological polar surface area (TPSA) is 153 Å². The highest BCUT2D eigenvalue weighted by molar-refractivity contribution is 7.51. The number of terminal acetylenes is 1. The molecule has 5 atom stereocenters. The summed E-state index contributed by atoms with van der Waals surface area (Å²) in [5, 5.41) is 2.60. The van der Waals surface area contributed by atoms with Gasteiger partial charge in [0.2, 0.25) is 0 Å². The van der Waals surface area contributed by atoms with Gasteiger partial charge in [0.1, 0.15) is 36.8 Å². The van der Waals surface area contributed by atoms with Crippen LogP contribution in [-0.2, 0) is 27.9 Å². The van der Waals surface area contributed by atoms with Gasteiger partial charge in [0.15, 0.2) is 17.1 Å². The van der Waals surface area contributed by atoms with Crippen LogP contribution >= 0.6 is 7.75 Å². The fourth-order valence-corrected chi connectivity index (χ4v) is 5.22. The largest absolute Gasteiger partial charge is 0.462 e. The number of carbonyl (C=O) groups excluding carboxylic acids is 1. The van der Waals surface area contributed by atoms with Crippen molar-refractivity contribution in [3.8, 4) is 12.3 Å². The summed E-state index contributed by atoms with van der Waals surface area (Å²) in [4.78, 5) is 24.4. The molecule has 0 radical (unpaired) electrons. The van der Waals surface area contributed by atoms with Crippen molar-refractivity contribution in [2.24, 2.45) is 0 Å². The second-order valence-corrected chi connectivity index (χ2v) is 9.35. The number of fused-ring (bicyclic) bond motifs is 2. The van der Waals surface area contributed by atoms with Crippen LogP contribution in [0.4, 0.5) is 5.82 Å². The summed E-state index contributed by atoms with van der Waals surface area (Å²) in [5.41, 5.74) is 5.48. The van der Waals surface area contributed by atoms with Crippen molar-refractivity contribution in [1.82, 2.24) is 24.6 Å². The summed E-state index contributed by atoms with van der Waals surface area (Å²) in [6.07, 6.45) is 7.14.